The van der Waals surface area contributed by atoms with Crippen LogP contribution >= 0.6 is 0 Å². The molecule has 0 aliphatic carbocycles. The Morgan fingerprint density at radius 2 is 1.92 bits per heavy atom. The predicted octanol–water partition coefficient (Wildman–Crippen LogP) is 2.80. The van der Waals surface area contributed by atoms with Gasteiger partial charge in [-0.2, -0.15) is 0 Å². The smallest absolute Gasteiger partial charge is 0.162 e. The summed E-state index contributed by atoms with van der Waals surface area (Å²) in [6, 6.07) is 8.57. The molecule has 1 aromatic carbocycles. The van der Waals surface area contributed by atoms with Crippen molar-refractivity contribution in [1.29, 1.82) is 0 Å². The third kappa shape index (κ3) is 3.03. The molecular formula is C19H19N5. The number of benzene rings is 1. The largest absolute Gasteiger partial charge is 0.293 e. The molecule has 120 valence electrons. The van der Waals surface area contributed by atoms with Gasteiger partial charge in [-0.15, -0.1) is 0 Å². The van der Waals surface area contributed by atoms with E-state index in [-0.39, 0.29) is 0 Å². The lowest BCUT2D eigenvalue weighted by atomic mass is 10.0. The highest BCUT2D eigenvalue weighted by molar-refractivity contribution is 5.52. The van der Waals surface area contributed by atoms with Gasteiger partial charge in [0, 0.05) is 38.2 Å². The van der Waals surface area contributed by atoms with E-state index in [1.54, 1.807) is 12.4 Å². The molecule has 3 aromatic rings. The van der Waals surface area contributed by atoms with E-state index in [4.69, 9.17) is 4.98 Å². The van der Waals surface area contributed by atoms with Crippen LogP contribution in [0.2, 0.25) is 0 Å². The highest BCUT2D eigenvalue weighted by atomic mass is 15.1. The van der Waals surface area contributed by atoms with Crippen molar-refractivity contribution in [3.05, 3.63) is 71.6 Å². The molecule has 3 heterocycles. The first-order chi connectivity index (χ1) is 11.8. The maximum absolute atomic E-state index is 4.77. The van der Waals surface area contributed by atoms with Crippen molar-refractivity contribution in [2.45, 2.75) is 26.4 Å². The molecule has 0 spiro atoms. The first-order valence-electron chi connectivity index (χ1n) is 8.16. The van der Waals surface area contributed by atoms with E-state index in [1.807, 2.05) is 6.20 Å². The van der Waals surface area contributed by atoms with E-state index < -0.39 is 0 Å². The number of hydrogen-bond donors (Lipinski definition) is 0. The average molecular weight is 317 g/mol. The van der Waals surface area contributed by atoms with E-state index in [1.165, 1.54) is 23.0 Å². The Morgan fingerprint density at radius 1 is 1.08 bits per heavy atom. The minimum atomic E-state index is 0.701. The number of nitrogens with zero attached hydrogens (tertiary/aromatic N) is 5. The lowest BCUT2D eigenvalue weighted by Gasteiger charge is -2.28. The molecule has 0 atom stereocenters. The zero-order chi connectivity index (χ0) is 16.4. The fourth-order valence-corrected chi connectivity index (χ4v) is 3.07. The molecule has 0 N–H and O–H groups in total. The minimum absolute atomic E-state index is 0.701. The molecule has 0 amide bonds. The normalized spacial score (nSPS) is 14.4. The Hall–Kier alpha value is -2.66. The van der Waals surface area contributed by atoms with Crippen molar-refractivity contribution in [1.82, 2.24) is 24.8 Å². The average Bonchev–Trinajstić information content (AvgIpc) is 2.64. The summed E-state index contributed by atoms with van der Waals surface area (Å²) in [7, 11) is 0. The van der Waals surface area contributed by atoms with E-state index in [2.05, 4.69) is 51.0 Å². The van der Waals surface area contributed by atoms with Gasteiger partial charge in [0.15, 0.2) is 5.82 Å². The van der Waals surface area contributed by atoms with Crippen LogP contribution in [0.3, 0.4) is 0 Å². The Morgan fingerprint density at radius 3 is 2.75 bits per heavy atom. The standard InChI is InChI=1S/C19H19N5/c1-14-4-2-3-5-16(14)11-24-7-6-15-10-22-19(23-18(15)12-24)17-8-20-13-21-9-17/h2-5,8-10,13H,6-7,11-12H2,1H3. The summed E-state index contributed by atoms with van der Waals surface area (Å²) in [4.78, 5) is 19.8. The molecule has 5 nitrogen and oxygen atoms in total. The summed E-state index contributed by atoms with van der Waals surface area (Å²) >= 11 is 0. The maximum atomic E-state index is 4.77. The van der Waals surface area contributed by atoms with E-state index in [9.17, 15) is 0 Å². The number of aromatic nitrogens is 4. The third-order valence-corrected chi connectivity index (χ3v) is 4.50. The lowest BCUT2D eigenvalue weighted by Crippen LogP contribution is -2.31. The Kier molecular flexibility index (Phi) is 4.01. The first-order valence-corrected chi connectivity index (χ1v) is 8.16. The molecule has 0 saturated heterocycles. The van der Waals surface area contributed by atoms with Crippen LogP contribution in [0.5, 0.6) is 0 Å². The fraction of sp³-hybridized carbons (Fsp3) is 0.263. The molecule has 0 radical (unpaired) electrons. The Balaban J connectivity index is 1.57. The van der Waals surface area contributed by atoms with Gasteiger partial charge in [0.05, 0.1) is 11.3 Å². The SMILES string of the molecule is Cc1ccccc1CN1CCc2cnc(-c3cncnc3)nc2C1. The second-order valence-corrected chi connectivity index (χ2v) is 6.18. The zero-order valence-electron chi connectivity index (χ0n) is 13.7. The van der Waals surface area contributed by atoms with Crippen molar-refractivity contribution in [3.63, 3.8) is 0 Å². The molecule has 0 saturated carbocycles. The predicted molar refractivity (Wildman–Crippen MR) is 92.1 cm³/mol. The number of fused-ring (bicyclic) bond motifs is 1. The summed E-state index contributed by atoms with van der Waals surface area (Å²) in [5, 5.41) is 0. The van der Waals surface area contributed by atoms with Crippen LogP contribution in [0.1, 0.15) is 22.4 Å². The molecule has 0 fully saturated rings. The summed E-state index contributed by atoms with van der Waals surface area (Å²) in [6.45, 7) is 5.02. The number of hydrogen-bond acceptors (Lipinski definition) is 5. The van der Waals surface area contributed by atoms with E-state index in [0.717, 1.165) is 37.3 Å². The van der Waals surface area contributed by atoms with Gasteiger partial charge in [-0.25, -0.2) is 19.9 Å². The van der Waals surface area contributed by atoms with Gasteiger partial charge in [0.2, 0.25) is 0 Å². The molecule has 2 aromatic heterocycles. The molecule has 0 unspecified atom stereocenters. The molecule has 4 rings (SSSR count). The van der Waals surface area contributed by atoms with Crippen molar-refractivity contribution in [2.24, 2.45) is 0 Å². The highest BCUT2D eigenvalue weighted by Crippen LogP contribution is 2.22. The van der Waals surface area contributed by atoms with E-state index in [0.29, 0.717) is 5.82 Å². The third-order valence-electron chi connectivity index (χ3n) is 4.50. The van der Waals surface area contributed by atoms with Crippen LogP contribution in [0.4, 0.5) is 0 Å². The lowest BCUT2D eigenvalue weighted by molar-refractivity contribution is 0.241. The molecule has 24 heavy (non-hydrogen) atoms. The van der Waals surface area contributed by atoms with Gasteiger partial charge < -0.3 is 0 Å². The first kappa shape index (κ1) is 14.9. The van der Waals surface area contributed by atoms with E-state index >= 15 is 0 Å². The summed E-state index contributed by atoms with van der Waals surface area (Å²) in [5.74, 6) is 0.701. The topological polar surface area (TPSA) is 54.8 Å². The summed E-state index contributed by atoms with van der Waals surface area (Å²) < 4.78 is 0. The Bertz CT molecular complexity index is 847. The van der Waals surface area contributed by atoms with Crippen molar-refractivity contribution < 1.29 is 0 Å². The molecule has 0 bridgehead atoms. The van der Waals surface area contributed by atoms with Gasteiger partial charge in [-0.1, -0.05) is 24.3 Å². The molecule has 1 aliphatic heterocycles. The highest BCUT2D eigenvalue weighted by Gasteiger charge is 2.19. The van der Waals surface area contributed by atoms with Gasteiger partial charge in [0.1, 0.15) is 6.33 Å². The van der Waals surface area contributed by atoms with Crippen LogP contribution in [-0.4, -0.2) is 31.4 Å². The van der Waals surface area contributed by atoms with Crippen LogP contribution in [0.25, 0.3) is 11.4 Å². The maximum Gasteiger partial charge on any atom is 0.162 e. The summed E-state index contributed by atoms with van der Waals surface area (Å²) in [5.41, 5.74) is 5.94. The van der Waals surface area contributed by atoms with Gasteiger partial charge >= 0.3 is 0 Å². The van der Waals surface area contributed by atoms with Crippen molar-refractivity contribution >= 4 is 0 Å². The molecular weight excluding hydrogens is 298 g/mol. The van der Waals surface area contributed by atoms with Gasteiger partial charge in [-0.05, 0) is 30.0 Å². The van der Waals surface area contributed by atoms with Gasteiger partial charge in [0.25, 0.3) is 0 Å². The minimum Gasteiger partial charge on any atom is -0.293 e. The fourth-order valence-electron chi connectivity index (χ4n) is 3.07. The second-order valence-electron chi connectivity index (χ2n) is 6.18. The van der Waals surface area contributed by atoms with Crippen LogP contribution in [0.15, 0.2) is 49.2 Å². The summed E-state index contributed by atoms with van der Waals surface area (Å²) in [6.07, 6.45) is 7.97. The molecule has 1 aliphatic rings. The van der Waals surface area contributed by atoms with Crippen molar-refractivity contribution in [3.8, 4) is 11.4 Å². The monoisotopic (exact) mass is 317 g/mol. The van der Waals surface area contributed by atoms with Crippen LogP contribution in [0, 0.1) is 6.92 Å². The van der Waals surface area contributed by atoms with Crippen LogP contribution < -0.4 is 0 Å². The number of rotatable bonds is 3. The molecule has 5 heteroatoms. The quantitative estimate of drug-likeness (QED) is 0.743. The number of aryl methyl sites for hydroxylation is 1. The zero-order valence-corrected chi connectivity index (χ0v) is 13.7. The Labute approximate surface area is 141 Å². The second kappa shape index (κ2) is 6.45. The van der Waals surface area contributed by atoms with Crippen molar-refractivity contribution in [2.75, 3.05) is 6.54 Å². The van der Waals surface area contributed by atoms with Crippen LogP contribution in [-0.2, 0) is 19.5 Å². The van der Waals surface area contributed by atoms with Gasteiger partial charge in [-0.3, -0.25) is 4.90 Å².